The summed E-state index contributed by atoms with van der Waals surface area (Å²) >= 11 is 5.00. The van der Waals surface area contributed by atoms with Crippen molar-refractivity contribution in [1.82, 2.24) is 0 Å². The van der Waals surface area contributed by atoms with Crippen LogP contribution in [0.5, 0.6) is 11.5 Å². The third kappa shape index (κ3) is 12.3. The Bertz CT molecular complexity index is 2440. The van der Waals surface area contributed by atoms with Gasteiger partial charge in [-0.05, 0) is 97.3 Å². The molecule has 12 heteroatoms. The smallest absolute Gasteiger partial charge is 0.344 e. The number of benzene rings is 5. The Balaban J connectivity index is 0.000000249. The van der Waals surface area contributed by atoms with Crippen LogP contribution in [0.2, 0.25) is 5.02 Å². The summed E-state index contributed by atoms with van der Waals surface area (Å²) in [6, 6.07) is 28.1. The molecule has 0 bridgehead atoms. The largest absolute Gasteiger partial charge is 0.611 e. The lowest BCUT2D eigenvalue weighted by molar-refractivity contribution is -0.144. The number of sulfone groups is 1. The van der Waals surface area contributed by atoms with Crippen LogP contribution in [0.4, 0.5) is 0 Å². The number of halogens is 1. The molecule has 0 aromatic heterocycles. The van der Waals surface area contributed by atoms with Crippen LogP contribution in [-0.2, 0) is 30.6 Å². The van der Waals surface area contributed by atoms with Gasteiger partial charge in [-0.1, -0.05) is 91.6 Å². The molecule has 290 valence electrons. The molecule has 0 radical (unpaired) electrons. The first-order valence-corrected chi connectivity index (χ1v) is 21.0. The van der Waals surface area contributed by atoms with Gasteiger partial charge in [0.1, 0.15) is 17.3 Å². The van der Waals surface area contributed by atoms with Crippen molar-refractivity contribution in [2.75, 3.05) is 18.1 Å². The molecule has 0 fully saturated rings. The first-order chi connectivity index (χ1) is 26.7. The predicted octanol–water partition coefficient (Wildman–Crippen LogP) is 8.30. The number of rotatable bonds is 12. The number of aliphatic carboxylic acids is 2. The number of carboxylic acids is 2. The van der Waals surface area contributed by atoms with E-state index < -0.39 is 45.7 Å². The minimum absolute atomic E-state index is 0.0837. The van der Waals surface area contributed by atoms with Crippen LogP contribution in [0.25, 0.3) is 10.8 Å². The highest BCUT2D eigenvalue weighted by Gasteiger charge is 2.16. The molecule has 2 unspecified atom stereocenters. The standard InChI is InChI=1S/C23H20O5S.C21H21ClO4S/c1-2-14-29(26,27)19-8-5-6-17(15-19)10-12-21-20-9-4-3-7-18(20)11-13-22(21)28-16-23(24)25;1-4-11-27(25)19-9-5-14(2)16(13-19)6-7-17-12-18(22)8-10-20(17)26-15(3)21(23)24/h3-9,11,13,15H,2,14,16H2,1H3,(H,24,25);5,8-10,12-13,15H,4,11H2,1-3H3,(H,23,24). The van der Waals surface area contributed by atoms with Gasteiger partial charge in [-0.2, -0.15) is 0 Å². The van der Waals surface area contributed by atoms with Gasteiger partial charge in [-0.25, -0.2) is 18.0 Å². The molecule has 5 aromatic rings. The molecule has 5 rings (SSSR count). The second-order valence-corrected chi connectivity index (χ2v) is 16.6. The zero-order chi connectivity index (χ0) is 40.8. The summed E-state index contributed by atoms with van der Waals surface area (Å²) in [7, 11) is -3.33. The molecular formula is C44H41ClO9S2. The van der Waals surface area contributed by atoms with E-state index in [4.69, 9.17) is 31.3 Å². The number of carboxylic acid groups (broad SMARTS) is 2. The van der Waals surface area contributed by atoms with Gasteiger partial charge < -0.3 is 24.2 Å². The highest BCUT2D eigenvalue weighted by atomic mass is 35.5. The van der Waals surface area contributed by atoms with Crippen LogP contribution in [0.3, 0.4) is 0 Å². The summed E-state index contributed by atoms with van der Waals surface area (Å²) in [5.41, 5.74) is 3.33. The van der Waals surface area contributed by atoms with Gasteiger partial charge in [0, 0.05) is 27.6 Å². The Morgan fingerprint density at radius 2 is 1.57 bits per heavy atom. The summed E-state index contributed by atoms with van der Waals surface area (Å²) in [6.45, 7) is 6.72. The van der Waals surface area contributed by atoms with Gasteiger partial charge in [-0.3, -0.25) is 0 Å². The lowest BCUT2D eigenvalue weighted by atomic mass is 10.0. The van der Waals surface area contributed by atoms with E-state index in [1.165, 1.54) is 6.92 Å². The maximum atomic E-state index is 12.3. The van der Waals surface area contributed by atoms with Crippen molar-refractivity contribution in [3.63, 3.8) is 0 Å². The second kappa shape index (κ2) is 20.5. The fourth-order valence-corrected chi connectivity index (χ4v) is 7.80. The molecular weight excluding hydrogens is 772 g/mol. The summed E-state index contributed by atoms with van der Waals surface area (Å²) in [5.74, 6) is 11.4. The third-order valence-corrected chi connectivity index (χ3v) is 11.7. The Kier molecular flexibility index (Phi) is 15.8. The zero-order valence-electron chi connectivity index (χ0n) is 31.3. The average molecular weight is 813 g/mol. The SMILES string of the molecule is CCCS(=O)(=O)c1cccc(C#Cc2c(OCC(=O)O)ccc3ccccc23)c1.CCC[S+]([O-])c1ccc(C)c(C#Cc2cc(Cl)ccc2OC(C)C(=O)O)c1. The molecule has 0 saturated carbocycles. The van der Waals surface area contributed by atoms with E-state index >= 15 is 0 Å². The fourth-order valence-electron chi connectivity index (χ4n) is 5.19. The molecule has 56 heavy (non-hydrogen) atoms. The minimum atomic E-state index is -3.33. The molecule has 5 aromatic carbocycles. The van der Waals surface area contributed by atoms with Crippen LogP contribution in [-0.4, -0.2) is 59.3 Å². The molecule has 0 saturated heterocycles. The highest BCUT2D eigenvalue weighted by molar-refractivity contribution is 7.91. The van der Waals surface area contributed by atoms with Crippen molar-refractivity contribution >= 4 is 55.3 Å². The van der Waals surface area contributed by atoms with E-state index in [1.54, 1.807) is 48.5 Å². The van der Waals surface area contributed by atoms with Crippen molar-refractivity contribution in [2.45, 2.75) is 56.4 Å². The lowest BCUT2D eigenvalue weighted by Crippen LogP contribution is -2.23. The van der Waals surface area contributed by atoms with E-state index in [0.717, 1.165) is 33.2 Å². The number of fused-ring (bicyclic) bond motifs is 1. The number of aryl methyl sites for hydroxylation is 1. The Labute approximate surface area is 335 Å². The Morgan fingerprint density at radius 3 is 2.29 bits per heavy atom. The zero-order valence-corrected chi connectivity index (χ0v) is 33.7. The molecule has 0 aliphatic rings. The molecule has 9 nitrogen and oxygen atoms in total. The van der Waals surface area contributed by atoms with Gasteiger partial charge in [0.2, 0.25) is 0 Å². The second-order valence-electron chi connectivity index (χ2n) is 12.5. The molecule has 0 spiro atoms. The lowest BCUT2D eigenvalue weighted by Gasteiger charge is -2.12. The number of hydrogen-bond acceptors (Lipinski definition) is 7. The Morgan fingerprint density at radius 1 is 0.839 bits per heavy atom. The van der Waals surface area contributed by atoms with E-state index in [1.807, 2.05) is 69.3 Å². The quantitative estimate of drug-likeness (QED) is 0.0937. The molecule has 0 aliphatic carbocycles. The first kappa shape index (κ1) is 43.3. The van der Waals surface area contributed by atoms with Crippen LogP contribution in [0, 0.1) is 30.6 Å². The summed E-state index contributed by atoms with van der Waals surface area (Å²) in [5, 5.41) is 20.2. The van der Waals surface area contributed by atoms with Gasteiger partial charge in [0.15, 0.2) is 27.4 Å². The number of carbonyl (C=O) groups is 2. The van der Waals surface area contributed by atoms with Gasteiger partial charge >= 0.3 is 11.9 Å². The van der Waals surface area contributed by atoms with Crippen molar-refractivity contribution in [3.8, 4) is 35.2 Å². The number of ether oxygens (including phenoxy) is 2. The maximum absolute atomic E-state index is 12.3. The van der Waals surface area contributed by atoms with E-state index in [0.29, 0.717) is 45.4 Å². The van der Waals surface area contributed by atoms with Crippen LogP contribution < -0.4 is 9.47 Å². The molecule has 0 amide bonds. The maximum Gasteiger partial charge on any atom is 0.344 e. The van der Waals surface area contributed by atoms with Crippen molar-refractivity contribution in [2.24, 2.45) is 0 Å². The number of hydrogen-bond donors (Lipinski definition) is 2. The third-order valence-electron chi connectivity index (χ3n) is 8.03. The van der Waals surface area contributed by atoms with Gasteiger partial charge in [0.25, 0.3) is 0 Å². The molecule has 2 N–H and O–H groups in total. The highest BCUT2D eigenvalue weighted by Crippen LogP contribution is 2.28. The minimum Gasteiger partial charge on any atom is -0.611 e. The van der Waals surface area contributed by atoms with Crippen molar-refractivity contribution in [1.29, 1.82) is 0 Å². The molecule has 2 atom stereocenters. The first-order valence-electron chi connectivity index (χ1n) is 17.6. The summed E-state index contributed by atoms with van der Waals surface area (Å²) < 4.78 is 47.7. The van der Waals surface area contributed by atoms with Crippen molar-refractivity contribution in [3.05, 3.63) is 130 Å². The Hall–Kier alpha value is -5.43. The van der Waals surface area contributed by atoms with Crippen LogP contribution in [0.1, 0.15) is 61.4 Å². The topological polar surface area (TPSA) is 150 Å². The summed E-state index contributed by atoms with van der Waals surface area (Å²) in [6.07, 6.45) is 0.374. The van der Waals surface area contributed by atoms with Crippen LogP contribution >= 0.6 is 11.6 Å². The van der Waals surface area contributed by atoms with Gasteiger partial charge in [-0.15, -0.1) is 0 Å². The fraction of sp³-hybridized carbons (Fsp3) is 0.227. The predicted molar refractivity (Wildman–Crippen MR) is 220 cm³/mol. The van der Waals surface area contributed by atoms with Crippen LogP contribution in [0.15, 0.2) is 107 Å². The normalized spacial score (nSPS) is 11.8. The van der Waals surface area contributed by atoms with E-state index in [-0.39, 0.29) is 10.6 Å². The van der Waals surface area contributed by atoms with Crippen molar-refractivity contribution < 1.29 is 42.2 Å². The average Bonchev–Trinajstić information content (AvgIpc) is 3.17. The monoisotopic (exact) mass is 812 g/mol. The molecule has 0 heterocycles. The summed E-state index contributed by atoms with van der Waals surface area (Å²) in [4.78, 5) is 22.9. The molecule has 0 aliphatic heterocycles. The van der Waals surface area contributed by atoms with Gasteiger partial charge in [0.05, 0.1) is 21.8 Å². The van der Waals surface area contributed by atoms with E-state index in [2.05, 4.69) is 23.7 Å². The van der Waals surface area contributed by atoms with E-state index in [9.17, 15) is 22.6 Å².